The van der Waals surface area contributed by atoms with Gasteiger partial charge in [-0.15, -0.1) is 35.3 Å². The maximum Gasteiger partial charge on any atom is 0.191 e. The Labute approximate surface area is 179 Å². The first kappa shape index (κ1) is 23.6. The van der Waals surface area contributed by atoms with Gasteiger partial charge in [0.25, 0.3) is 0 Å². The van der Waals surface area contributed by atoms with E-state index in [0.29, 0.717) is 5.41 Å². The molecule has 0 atom stereocenters. The third-order valence-electron chi connectivity index (χ3n) is 4.86. The molecule has 26 heavy (non-hydrogen) atoms. The number of rotatable bonds is 10. The molecule has 1 aromatic rings. The lowest BCUT2D eigenvalue weighted by Gasteiger charge is -2.27. The second-order valence-electron chi connectivity index (χ2n) is 6.89. The minimum absolute atomic E-state index is 0. The summed E-state index contributed by atoms with van der Waals surface area (Å²) in [5, 5.41) is 8.02. The minimum Gasteiger partial charge on any atom is -0.382 e. The van der Waals surface area contributed by atoms with Crippen LogP contribution in [0, 0.1) is 12.3 Å². The maximum absolute atomic E-state index is 5.61. The molecule has 0 unspecified atom stereocenters. The highest BCUT2D eigenvalue weighted by Crippen LogP contribution is 2.41. The average molecular weight is 494 g/mol. The van der Waals surface area contributed by atoms with E-state index in [1.54, 1.807) is 11.3 Å². The number of hydrogen-bond donors (Lipinski definition) is 2. The number of aromatic nitrogens is 1. The van der Waals surface area contributed by atoms with Crippen LogP contribution in [0.5, 0.6) is 0 Å². The van der Waals surface area contributed by atoms with Crippen molar-refractivity contribution in [2.24, 2.45) is 10.4 Å². The highest BCUT2D eigenvalue weighted by molar-refractivity contribution is 14.0. The number of guanidine groups is 1. The van der Waals surface area contributed by atoms with Crippen molar-refractivity contribution in [1.82, 2.24) is 15.6 Å². The van der Waals surface area contributed by atoms with E-state index >= 15 is 0 Å². The van der Waals surface area contributed by atoms with Crippen LogP contribution in [0.1, 0.15) is 55.8 Å². The fourth-order valence-corrected chi connectivity index (χ4v) is 4.23. The Bertz CT molecular complexity index is 529. The number of hydrogen-bond acceptors (Lipinski definition) is 4. The number of ether oxygens (including phenoxy) is 1. The van der Waals surface area contributed by atoms with Crippen LogP contribution < -0.4 is 10.6 Å². The zero-order valence-electron chi connectivity index (χ0n) is 16.5. The molecule has 0 bridgehead atoms. The van der Waals surface area contributed by atoms with Gasteiger partial charge >= 0.3 is 0 Å². The van der Waals surface area contributed by atoms with E-state index in [1.165, 1.54) is 35.6 Å². The molecular weight excluding hydrogens is 459 g/mol. The van der Waals surface area contributed by atoms with Crippen LogP contribution in [0.15, 0.2) is 11.2 Å². The topological polar surface area (TPSA) is 58.5 Å². The van der Waals surface area contributed by atoms with Gasteiger partial charge in [0, 0.05) is 50.3 Å². The highest BCUT2D eigenvalue weighted by atomic mass is 127. The highest BCUT2D eigenvalue weighted by Gasteiger charge is 2.33. The fraction of sp³-hybridized carbons (Fsp3) is 0.789. The SMILES string of the molecule is CCNC(=NCC1(CCOCC)CCCC1)NCCc1ncc(C)s1.I. The molecule has 2 N–H and O–H groups in total. The molecule has 7 heteroatoms. The summed E-state index contributed by atoms with van der Waals surface area (Å²) in [5.41, 5.74) is 0.337. The van der Waals surface area contributed by atoms with Gasteiger partial charge in [-0.25, -0.2) is 4.98 Å². The molecule has 1 fully saturated rings. The number of nitrogens with one attached hydrogen (secondary N) is 2. The molecule has 2 rings (SSSR count). The monoisotopic (exact) mass is 494 g/mol. The van der Waals surface area contributed by atoms with Crippen molar-refractivity contribution in [2.45, 2.75) is 59.3 Å². The summed E-state index contributed by atoms with van der Waals surface area (Å²) in [4.78, 5) is 10.6. The summed E-state index contributed by atoms with van der Waals surface area (Å²) in [6.07, 6.45) is 9.23. The Morgan fingerprint density at radius 3 is 2.69 bits per heavy atom. The van der Waals surface area contributed by atoms with E-state index in [1.807, 2.05) is 6.20 Å². The van der Waals surface area contributed by atoms with Gasteiger partial charge < -0.3 is 15.4 Å². The van der Waals surface area contributed by atoms with E-state index < -0.39 is 0 Å². The average Bonchev–Trinajstić information content (AvgIpc) is 3.23. The van der Waals surface area contributed by atoms with E-state index in [2.05, 4.69) is 36.4 Å². The molecule has 150 valence electrons. The Kier molecular flexibility index (Phi) is 11.7. The number of thiazole rings is 1. The second-order valence-corrected chi connectivity index (χ2v) is 8.21. The molecule has 1 aromatic heterocycles. The van der Waals surface area contributed by atoms with Crippen LogP contribution in [-0.4, -0.2) is 43.8 Å². The van der Waals surface area contributed by atoms with Crippen LogP contribution in [0.4, 0.5) is 0 Å². The van der Waals surface area contributed by atoms with Crippen LogP contribution in [-0.2, 0) is 11.2 Å². The van der Waals surface area contributed by atoms with Gasteiger partial charge in [0.15, 0.2) is 5.96 Å². The summed E-state index contributed by atoms with van der Waals surface area (Å²) < 4.78 is 5.61. The summed E-state index contributed by atoms with van der Waals surface area (Å²) in [5.74, 6) is 0.929. The van der Waals surface area contributed by atoms with E-state index in [9.17, 15) is 0 Å². The van der Waals surface area contributed by atoms with Gasteiger partial charge in [0.1, 0.15) is 0 Å². The molecule has 5 nitrogen and oxygen atoms in total. The zero-order valence-corrected chi connectivity index (χ0v) is 19.6. The molecule has 1 aliphatic rings. The van der Waals surface area contributed by atoms with Crippen molar-refractivity contribution in [3.8, 4) is 0 Å². The van der Waals surface area contributed by atoms with Crippen LogP contribution in [0.25, 0.3) is 0 Å². The first-order valence-corrected chi connectivity index (χ1v) is 10.5. The minimum atomic E-state index is 0. The third kappa shape index (κ3) is 8.08. The van der Waals surface area contributed by atoms with Gasteiger partial charge in [0.05, 0.1) is 5.01 Å². The predicted octanol–water partition coefficient (Wildman–Crippen LogP) is 4.15. The Morgan fingerprint density at radius 2 is 2.08 bits per heavy atom. The number of aryl methyl sites for hydroxylation is 1. The van der Waals surface area contributed by atoms with Gasteiger partial charge in [-0.3, -0.25) is 4.99 Å². The van der Waals surface area contributed by atoms with Crippen molar-refractivity contribution in [2.75, 3.05) is 32.8 Å². The summed E-state index contributed by atoms with van der Waals surface area (Å²) in [7, 11) is 0. The van der Waals surface area contributed by atoms with E-state index in [4.69, 9.17) is 9.73 Å². The first-order chi connectivity index (χ1) is 12.2. The van der Waals surface area contributed by atoms with Crippen LogP contribution >= 0.6 is 35.3 Å². The molecular formula is C19H35IN4OS. The lowest BCUT2D eigenvalue weighted by atomic mass is 9.83. The van der Waals surface area contributed by atoms with Crippen molar-refractivity contribution >= 4 is 41.3 Å². The lowest BCUT2D eigenvalue weighted by molar-refractivity contribution is 0.107. The maximum atomic E-state index is 5.61. The Hall–Kier alpha value is -0.410. The van der Waals surface area contributed by atoms with Crippen molar-refractivity contribution in [3.63, 3.8) is 0 Å². The van der Waals surface area contributed by atoms with Crippen LogP contribution in [0.3, 0.4) is 0 Å². The molecule has 0 spiro atoms. The molecule has 0 radical (unpaired) electrons. The molecule has 1 heterocycles. The summed E-state index contributed by atoms with van der Waals surface area (Å²) in [6.45, 7) is 10.6. The smallest absolute Gasteiger partial charge is 0.191 e. The fourth-order valence-electron chi connectivity index (χ4n) is 3.44. The van der Waals surface area contributed by atoms with Gasteiger partial charge in [0.2, 0.25) is 0 Å². The molecule has 0 amide bonds. The van der Waals surface area contributed by atoms with Gasteiger partial charge in [-0.1, -0.05) is 12.8 Å². The first-order valence-electron chi connectivity index (χ1n) is 9.69. The number of aliphatic imine (C=N–C) groups is 1. The second kappa shape index (κ2) is 12.9. The van der Waals surface area contributed by atoms with Crippen molar-refractivity contribution in [1.29, 1.82) is 0 Å². The molecule has 1 aliphatic carbocycles. The lowest BCUT2D eigenvalue weighted by Crippen LogP contribution is -2.39. The predicted molar refractivity (Wildman–Crippen MR) is 122 cm³/mol. The Balaban J connectivity index is 0.00000338. The van der Waals surface area contributed by atoms with Crippen LogP contribution in [0.2, 0.25) is 0 Å². The zero-order chi connectivity index (χ0) is 18.0. The number of nitrogens with zero attached hydrogens (tertiary/aromatic N) is 2. The van der Waals surface area contributed by atoms with E-state index in [-0.39, 0.29) is 24.0 Å². The van der Waals surface area contributed by atoms with E-state index in [0.717, 1.165) is 51.6 Å². The van der Waals surface area contributed by atoms with Crippen molar-refractivity contribution in [3.05, 3.63) is 16.1 Å². The Morgan fingerprint density at radius 1 is 1.31 bits per heavy atom. The molecule has 0 aliphatic heterocycles. The number of halogens is 1. The summed E-state index contributed by atoms with van der Waals surface area (Å²) in [6, 6.07) is 0. The molecule has 0 saturated heterocycles. The van der Waals surface area contributed by atoms with Crippen molar-refractivity contribution < 1.29 is 4.74 Å². The largest absolute Gasteiger partial charge is 0.382 e. The summed E-state index contributed by atoms with van der Waals surface area (Å²) >= 11 is 1.77. The normalized spacial score (nSPS) is 16.3. The standard InChI is InChI=1S/C19H34N4OS.HI/c1-4-20-18(21-12-8-17-22-14-16(3)25-17)23-15-19(9-6-7-10-19)11-13-24-5-2;/h14H,4-13,15H2,1-3H3,(H2,20,21,23);1H. The molecule has 1 saturated carbocycles. The third-order valence-corrected chi connectivity index (χ3v) is 5.83. The van der Waals surface area contributed by atoms with Gasteiger partial charge in [-0.2, -0.15) is 0 Å². The van der Waals surface area contributed by atoms with Gasteiger partial charge in [-0.05, 0) is 45.4 Å². The molecule has 0 aromatic carbocycles. The quantitative estimate of drug-likeness (QED) is 0.222.